The van der Waals surface area contributed by atoms with Gasteiger partial charge in [0.2, 0.25) is 11.8 Å². The Morgan fingerprint density at radius 2 is 1.53 bits per heavy atom. The molecule has 0 unspecified atom stereocenters. The average molecular weight is 513 g/mol. The number of likely N-dealkylation sites (N-methyl/N-ethyl adjacent to an activating group) is 3. The molecule has 0 aliphatic carbocycles. The molecule has 2 N–H and O–H groups in total. The Bertz CT molecular complexity index is 1320. The lowest BCUT2D eigenvalue weighted by Gasteiger charge is -2.35. The monoisotopic (exact) mass is 512 g/mol. The average Bonchev–Trinajstić information content (AvgIpc) is 2.97. The Labute approximate surface area is 224 Å². The number of carbonyl (C=O) groups is 3. The van der Waals surface area contributed by atoms with Crippen LogP contribution in [0.5, 0.6) is 0 Å². The van der Waals surface area contributed by atoms with Crippen LogP contribution >= 0.6 is 0 Å². The van der Waals surface area contributed by atoms with Crippen LogP contribution in [-0.4, -0.2) is 73.8 Å². The Balaban J connectivity index is 1.66. The summed E-state index contributed by atoms with van der Waals surface area (Å²) >= 11 is 0. The van der Waals surface area contributed by atoms with Gasteiger partial charge in [0.1, 0.15) is 12.1 Å². The second kappa shape index (κ2) is 12.5. The number of hydrogen-bond donors (Lipinski definition) is 2. The topological polar surface area (TPSA) is 81.8 Å². The number of rotatable bonds is 9. The van der Waals surface area contributed by atoms with Crippen LogP contribution in [0.25, 0.3) is 10.8 Å². The zero-order valence-electron chi connectivity index (χ0n) is 22.3. The van der Waals surface area contributed by atoms with E-state index in [2.05, 4.69) is 16.7 Å². The zero-order valence-corrected chi connectivity index (χ0v) is 22.3. The van der Waals surface area contributed by atoms with Crippen molar-refractivity contribution in [2.24, 2.45) is 0 Å². The van der Waals surface area contributed by atoms with Gasteiger partial charge in [-0.1, -0.05) is 78.9 Å². The quantitative estimate of drug-likeness (QED) is 0.462. The van der Waals surface area contributed by atoms with Gasteiger partial charge in [0, 0.05) is 46.1 Å². The molecule has 4 rings (SSSR count). The predicted molar refractivity (Wildman–Crippen MR) is 151 cm³/mol. The van der Waals surface area contributed by atoms with Gasteiger partial charge in [0.05, 0.1) is 0 Å². The molecule has 0 spiro atoms. The van der Waals surface area contributed by atoms with E-state index in [0.29, 0.717) is 25.0 Å². The number of amides is 3. The predicted octanol–water partition coefficient (Wildman–Crippen LogP) is 2.94. The lowest BCUT2D eigenvalue weighted by atomic mass is 9.98. The number of nitrogens with one attached hydrogen (secondary N) is 2. The molecule has 1 aliphatic heterocycles. The first kappa shape index (κ1) is 27.1. The van der Waals surface area contributed by atoms with Crippen molar-refractivity contribution in [1.82, 2.24) is 20.4 Å². The summed E-state index contributed by atoms with van der Waals surface area (Å²) in [6.07, 6.45) is 3.42. The van der Waals surface area contributed by atoms with Gasteiger partial charge in [0.25, 0.3) is 5.91 Å². The van der Waals surface area contributed by atoms with E-state index in [0.717, 1.165) is 34.9 Å². The molecule has 198 valence electrons. The fourth-order valence-corrected chi connectivity index (χ4v) is 4.95. The molecule has 0 saturated heterocycles. The third-order valence-corrected chi connectivity index (χ3v) is 7.25. The molecule has 2 atom stereocenters. The maximum atomic E-state index is 14.1. The second-order valence-electron chi connectivity index (χ2n) is 9.78. The first-order chi connectivity index (χ1) is 18.4. The number of benzene rings is 3. The molecule has 0 radical (unpaired) electrons. The highest BCUT2D eigenvalue weighted by Crippen LogP contribution is 2.21. The van der Waals surface area contributed by atoms with Crippen LogP contribution in [0.4, 0.5) is 0 Å². The molecule has 38 heavy (non-hydrogen) atoms. The largest absolute Gasteiger partial charge is 0.357 e. The molecule has 3 aromatic rings. The molecular formula is C31H36N4O3. The summed E-state index contributed by atoms with van der Waals surface area (Å²) < 4.78 is 0. The van der Waals surface area contributed by atoms with E-state index in [1.165, 1.54) is 9.80 Å². The Morgan fingerprint density at radius 3 is 2.21 bits per heavy atom. The number of carbonyl (C=O) groups excluding carboxylic acids is 3. The van der Waals surface area contributed by atoms with Crippen LogP contribution in [0.3, 0.4) is 0 Å². The summed E-state index contributed by atoms with van der Waals surface area (Å²) in [7, 11) is 4.91. The van der Waals surface area contributed by atoms with Crippen molar-refractivity contribution >= 4 is 28.5 Å². The number of hydrogen-bond acceptors (Lipinski definition) is 4. The van der Waals surface area contributed by atoms with Crippen LogP contribution in [0, 0.1) is 0 Å². The minimum atomic E-state index is -0.778. The van der Waals surface area contributed by atoms with Crippen molar-refractivity contribution in [3.8, 4) is 0 Å². The number of fused-ring (bicyclic) bond motifs is 1. The highest BCUT2D eigenvalue weighted by Gasteiger charge is 2.35. The molecule has 0 bridgehead atoms. The minimum absolute atomic E-state index is 0.177. The number of nitrogens with zero attached hydrogens (tertiary/aromatic N) is 2. The van der Waals surface area contributed by atoms with Crippen LogP contribution in [0.2, 0.25) is 0 Å². The molecule has 1 aliphatic rings. The minimum Gasteiger partial charge on any atom is -0.357 e. The van der Waals surface area contributed by atoms with Crippen LogP contribution in [-0.2, 0) is 27.2 Å². The summed E-state index contributed by atoms with van der Waals surface area (Å²) in [5, 5.41) is 8.12. The van der Waals surface area contributed by atoms with Crippen molar-refractivity contribution in [1.29, 1.82) is 0 Å². The smallest absolute Gasteiger partial charge is 0.251 e. The molecule has 0 saturated carbocycles. The molecule has 1 heterocycles. The highest BCUT2D eigenvalue weighted by atomic mass is 16.2. The van der Waals surface area contributed by atoms with E-state index in [1.807, 2.05) is 72.8 Å². The fourth-order valence-electron chi connectivity index (χ4n) is 4.95. The van der Waals surface area contributed by atoms with Gasteiger partial charge in [-0.15, -0.1) is 0 Å². The summed E-state index contributed by atoms with van der Waals surface area (Å²) in [5.41, 5.74) is 2.56. The van der Waals surface area contributed by atoms with Gasteiger partial charge < -0.3 is 20.4 Å². The van der Waals surface area contributed by atoms with E-state index >= 15 is 0 Å². The SMILES string of the molecule is CNC(=O)[C@@H](Cc1ccccc1)N(C)C(=O)[C@H](Cc1ccc2ccccc2c1)N(C)C(=O)C1=CCCNC1. The second-order valence-corrected chi connectivity index (χ2v) is 9.78. The Morgan fingerprint density at radius 1 is 0.842 bits per heavy atom. The van der Waals surface area contributed by atoms with Crippen molar-refractivity contribution in [3.05, 3.63) is 95.6 Å². The molecule has 7 nitrogen and oxygen atoms in total. The van der Waals surface area contributed by atoms with Crippen molar-refractivity contribution in [2.75, 3.05) is 34.2 Å². The van der Waals surface area contributed by atoms with E-state index in [-0.39, 0.29) is 17.7 Å². The van der Waals surface area contributed by atoms with Crippen LogP contribution in [0.15, 0.2) is 84.4 Å². The van der Waals surface area contributed by atoms with Gasteiger partial charge in [-0.05, 0) is 34.9 Å². The first-order valence-corrected chi connectivity index (χ1v) is 13.1. The molecular weight excluding hydrogens is 476 g/mol. The lowest BCUT2D eigenvalue weighted by molar-refractivity contribution is -0.146. The van der Waals surface area contributed by atoms with Crippen LogP contribution in [0.1, 0.15) is 17.5 Å². The fraction of sp³-hybridized carbons (Fsp3) is 0.323. The van der Waals surface area contributed by atoms with E-state index in [4.69, 9.17) is 0 Å². The maximum Gasteiger partial charge on any atom is 0.251 e. The summed E-state index contributed by atoms with van der Waals surface area (Å²) in [4.78, 5) is 43.6. The summed E-state index contributed by atoms with van der Waals surface area (Å²) in [6.45, 7) is 1.31. The third-order valence-electron chi connectivity index (χ3n) is 7.25. The summed E-state index contributed by atoms with van der Waals surface area (Å²) in [5.74, 6) is -0.700. The third kappa shape index (κ3) is 6.29. The molecule has 0 aromatic heterocycles. The highest BCUT2D eigenvalue weighted by molar-refractivity contribution is 5.98. The lowest BCUT2D eigenvalue weighted by Crippen LogP contribution is -2.56. The molecule has 3 aromatic carbocycles. The molecule has 3 amide bonds. The van der Waals surface area contributed by atoms with E-state index in [1.54, 1.807) is 21.1 Å². The van der Waals surface area contributed by atoms with Crippen molar-refractivity contribution < 1.29 is 14.4 Å². The van der Waals surface area contributed by atoms with Gasteiger partial charge in [0.15, 0.2) is 0 Å². The Kier molecular flexibility index (Phi) is 8.92. The van der Waals surface area contributed by atoms with Gasteiger partial charge in [-0.2, -0.15) is 0 Å². The normalized spacial score (nSPS) is 14.8. The van der Waals surface area contributed by atoms with E-state index < -0.39 is 12.1 Å². The van der Waals surface area contributed by atoms with Gasteiger partial charge >= 0.3 is 0 Å². The van der Waals surface area contributed by atoms with Crippen LogP contribution < -0.4 is 10.6 Å². The maximum absolute atomic E-state index is 14.1. The summed E-state index contributed by atoms with van der Waals surface area (Å²) in [6, 6.07) is 22.3. The Hall–Kier alpha value is -3.97. The van der Waals surface area contributed by atoms with Gasteiger partial charge in [-0.3, -0.25) is 14.4 Å². The first-order valence-electron chi connectivity index (χ1n) is 13.1. The van der Waals surface area contributed by atoms with Crippen molar-refractivity contribution in [2.45, 2.75) is 31.3 Å². The van der Waals surface area contributed by atoms with Gasteiger partial charge in [-0.25, -0.2) is 0 Å². The molecule has 0 fully saturated rings. The standard InChI is InChI=1S/C31H36N4O3/c1-32-29(36)27(19-22-10-5-4-6-11-22)34(2)31(38)28(35(3)30(37)26-14-9-17-33-21-26)20-23-15-16-24-12-7-8-13-25(24)18-23/h4-8,10-16,18,27-28,33H,9,17,19-21H2,1-3H3,(H,32,36)/t27-,28+/m1/s1. The van der Waals surface area contributed by atoms with E-state index in [9.17, 15) is 14.4 Å². The zero-order chi connectivity index (χ0) is 27.1. The molecule has 7 heteroatoms. The van der Waals surface area contributed by atoms with Crippen molar-refractivity contribution in [3.63, 3.8) is 0 Å².